The maximum absolute atomic E-state index is 13.7. The van der Waals surface area contributed by atoms with Crippen molar-refractivity contribution < 1.29 is 22.7 Å². The number of carbonyl (C=O) groups is 1. The quantitative estimate of drug-likeness (QED) is 0.840. The Labute approximate surface area is 103 Å². The van der Waals surface area contributed by atoms with E-state index < -0.39 is 29.5 Å². The monoisotopic (exact) mass is 261 g/mol. The minimum atomic E-state index is -1.28. The van der Waals surface area contributed by atoms with Gasteiger partial charge in [-0.15, -0.1) is 0 Å². The predicted molar refractivity (Wildman–Crippen MR) is 61.0 cm³/mol. The number of carbonyl (C=O) groups excluding carboxylic acids is 1. The molecule has 0 aliphatic rings. The molecule has 1 atom stereocenters. The fourth-order valence-corrected chi connectivity index (χ4v) is 1.56. The lowest BCUT2D eigenvalue weighted by molar-refractivity contribution is 0.186. The van der Waals surface area contributed by atoms with Crippen molar-refractivity contribution in [2.75, 3.05) is 12.4 Å². The lowest BCUT2D eigenvalue weighted by Crippen LogP contribution is -2.16. The minimum absolute atomic E-state index is 0.194. The van der Waals surface area contributed by atoms with Crippen molar-refractivity contribution >= 4 is 11.8 Å². The Bertz CT molecular complexity index is 463. The van der Waals surface area contributed by atoms with E-state index in [0.29, 0.717) is 12.5 Å². The van der Waals surface area contributed by atoms with Crippen molar-refractivity contribution in [3.63, 3.8) is 0 Å². The Morgan fingerprint density at radius 2 is 2.00 bits per heavy atom. The third-order valence-corrected chi connectivity index (χ3v) is 2.73. The number of hydrogen-bond acceptors (Lipinski definition) is 2. The summed E-state index contributed by atoms with van der Waals surface area (Å²) in [5, 5.41) is 2.07. The Morgan fingerprint density at radius 1 is 1.39 bits per heavy atom. The van der Waals surface area contributed by atoms with Gasteiger partial charge in [-0.05, 0) is 12.3 Å². The molecule has 1 N–H and O–H groups in total. The third-order valence-electron chi connectivity index (χ3n) is 2.73. The molecular formula is C12H14F3NO2. The molecule has 1 unspecified atom stereocenters. The summed E-state index contributed by atoms with van der Waals surface area (Å²) in [6.45, 7) is 3.36. The average molecular weight is 261 g/mol. The third kappa shape index (κ3) is 2.75. The molecule has 0 spiro atoms. The predicted octanol–water partition coefficient (Wildman–Crippen LogP) is 3.80. The zero-order valence-corrected chi connectivity index (χ0v) is 10.3. The number of rotatable bonds is 3. The van der Waals surface area contributed by atoms with Gasteiger partial charge in [0.1, 0.15) is 5.82 Å². The Kier molecular flexibility index (Phi) is 4.58. The van der Waals surface area contributed by atoms with Crippen LogP contribution in [0.5, 0.6) is 0 Å². The SMILES string of the molecule is CCC(C)c1c(F)c(F)cc(F)c1NC(=O)OC. The van der Waals surface area contributed by atoms with Crippen LogP contribution in [0.15, 0.2) is 6.07 Å². The molecule has 0 radical (unpaired) electrons. The molecule has 18 heavy (non-hydrogen) atoms. The van der Waals surface area contributed by atoms with Gasteiger partial charge >= 0.3 is 6.09 Å². The van der Waals surface area contributed by atoms with Crippen LogP contribution in [0, 0.1) is 17.5 Å². The summed E-state index contributed by atoms with van der Waals surface area (Å²) in [6.07, 6.45) is -0.472. The van der Waals surface area contributed by atoms with E-state index >= 15 is 0 Å². The molecular weight excluding hydrogens is 247 g/mol. The number of nitrogens with one attached hydrogen (secondary N) is 1. The van der Waals surface area contributed by atoms with Crippen LogP contribution in [0.3, 0.4) is 0 Å². The molecule has 0 aliphatic heterocycles. The molecule has 1 rings (SSSR count). The second kappa shape index (κ2) is 5.75. The van der Waals surface area contributed by atoms with Gasteiger partial charge in [0.15, 0.2) is 11.6 Å². The lowest BCUT2D eigenvalue weighted by Gasteiger charge is -2.17. The zero-order valence-electron chi connectivity index (χ0n) is 10.3. The number of hydrogen-bond donors (Lipinski definition) is 1. The second-order valence-corrected chi connectivity index (χ2v) is 3.87. The van der Waals surface area contributed by atoms with Crippen molar-refractivity contribution in [2.24, 2.45) is 0 Å². The Hall–Kier alpha value is -1.72. The number of methoxy groups -OCH3 is 1. The average Bonchev–Trinajstić information content (AvgIpc) is 2.35. The van der Waals surface area contributed by atoms with E-state index in [1.54, 1.807) is 13.8 Å². The maximum Gasteiger partial charge on any atom is 0.411 e. The van der Waals surface area contributed by atoms with Gasteiger partial charge in [-0.3, -0.25) is 5.32 Å². The summed E-state index contributed by atoms with van der Waals surface area (Å²) in [7, 11) is 1.09. The first-order chi connectivity index (χ1) is 8.42. The summed E-state index contributed by atoms with van der Waals surface area (Å²) in [5.41, 5.74) is -0.574. The van der Waals surface area contributed by atoms with Crippen molar-refractivity contribution in [1.82, 2.24) is 0 Å². The van der Waals surface area contributed by atoms with E-state index in [-0.39, 0.29) is 11.3 Å². The van der Waals surface area contributed by atoms with Crippen molar-refractivity contribution in [1.29, 1.82) is 0 Å². The van der Waals surface area contributed by atoms with Gasteiger partial charge in [-0.2, -0.15) is 0 Å². The Balaban J connectivity index is 3.37. The van der Waals surface area contributed by atoms with Gasteiger partial charge in [-0.25, -0.2) is 18.0 Å². The summed E-state index contributed by atoms with van der Waals surface area (Å²) >= 11 is 0. The van der Waals surface area contributed by atoms with Gasteiger partial charge < -0.3 is 4.74 Å². The summed E-state index contributed by atoms with van der Waals surface area (Å²) in [6, 6.07) is 0.395. The van der Waals surface area contributed by atoms with Crippen LogP contribution in [0.25, 0.3) is 0 Å². The molecule has 0 saturated carbocycles. The van der Waals surface area contributed by atoms with E-state index in [1.807, 2.05) is 0 Å². The number of ether oxygens (including phenoxy) is 1. The minimum Gasteiger partial charge on any atom is -0.453 e. The van der Waals surface area contributed by atoms with E-state index in [0.717, 1.165) is 7.11 Å². The molecule has 0 aromatic heterocycles. The van der Waals surface area contributed by atoms with Gasteiger partial charge in [0.05, 0.1) is 12.8 Å². The van der Waals surface area contributed by atoms with Gasteiger partial charge in [-0.1, -0.05) is 13.8 Å². The molecule has 6 heteroatoms. The largest absolute Gasteiger partial charge is 0.453 e. The molecule has 0 saturated heterocycles. The van der Waals surface area contributed by atoms with Crippen molar-refractivity contribution in [2.45, 2.75) is 26.2 Å². The van der Waals surface area contributed by atoms with Gasteiger partial charge in [0.25, 0.3) is 0 Å². The number of halogens is 3. The van der Waals surface area contributed by atoms with Crippen LogP contribution in [0.2, 0.25) is 0 Å². The van der Waals surface area contributed by atoms with E-state index in [4.69, 9.17) is 0 Å². The highest BCUT2D eigenvalue weighted by atomic mass is 19.2. The number of anilines is 1. The van der Waals surface area contributed by atoms with Gasteiger partial charge in [0.2, 0.25) is 0 Å². The fourth-order valence-electron chi connectivity index (χ4n) is 1.56. The van der Waals surface area contributed by atoms with E-state index in [1.165, 1.54) is 0 Å². The summed E-state index contributed by atoms with van der Waals surface area (Å²) < 4.78 is 44.8. The lowest BCUT2D eigenvalue weighted by atomic mass is 9.95. The number of amides is 1. The highest BCUT2D eigenvalue weighted by Gasteiger charge is 2.23. The first-order valence-electron chi connectivity index (χ1n) is 5.44. The Morgan fingerprint density at radius 3 is 2.50 bits per heavy atom. The van der Waals surface area contributed by atoms with Crippen LogP contribution in [0.1, 0.15) is 31.7 Å². The highest BCUT2D eigenvalue weighted by molar-refractivity contribution is 5.86. The molecule has 1 amide bonds. The smallest absolute Gasteiger partial charge is 0.411 e. The van der Waals surface area contributed by atoms with Crippen LogP contribution in [-0.2, 0) is 4.74 Å². The molecule has 0 bridgehead atoms. The van der Waals surface area contributed by atoms with Crippen molar-refractivity contribution in [3.8, 4) is 0 Å². The van der Waals surface area contributed by atoms with Crippen LogP contribution >= 0.6 is 0 Å². The fraction of sp³-hybridized carbons (Fsp3) is 0.417. The molecule has 0 aliphatic carbocycles. The normalized spacial score (nSPS) is 12.1. The summed E-state index contributed by atoms with van der Waals surface area (Å²) in [4.78, 5) is 11.1. The molecule has 0 heterocycles. The highest BCUT2D eigenvalue weighted by Crippen LogP contribution is 2.33. The zero-order chi connectivity index (χ0) is 13.9. The maximum atomic E-state index is 13.7. The summed E-state index contributed by atoms with van der Waals surface area (Å²) in [5.74, 6) is -3.91. The molecule has 3 nitrogen and oxygen atoms in total. The van der Waals surface area contributed by atoms with E-state index in [9.17, 15) is 18.0 Å². The molecule has 100 valence electrons. The van der Waals surface area contributed by atoms with Crippen LogP contribution < -0.4 is 5.32 Å². The van der Waals surface area contributed by atoms with Gasteiger partial charge in [0, 0.05) is 11.6 Å². The molecule has 1 aromatic rings. The second-order valence-electron chi connectivity index (χ2n) is 3.87. The van der Waals surface area contributed by atoms with Crippen LogP contribution in [0.4, 0.5) is 23.7 Å². The molecule has 1 aromatic carbocycles. The van der Waals surface area contributed by atoms with Crippen molar-refractivity contribution in [3.05, 3.63) is 29.1 Å². The first kappa shape index (κ1) is 14.3. The van der Waals surface area contributed by atoms with Crippen LogP contribution in [-0.4, -0.2) is 13.2 Å². The van der Waals surface area contributed by atoms with E-state index in [2.05, 4.69) is 10.1 Å². The first-order valence-corrected chi connectivity index (χ1v) is 5.44. The molecule has 0 fully saturated rings. The number of benzene rings is 1. The standard InChI is InChI=1S/C12H14F3NO2/c1-4-6(2)9-10(15)7(13)5-8(14)11(9)16-12(17)18-3/h5-6H,4H2,1-3H3,(H,16,17). The topological polar surface area (TPSA) is 38.3 Å².